The van der Waals surface area contributed by atoms with Crippen molar-refractivity contribution in [2.45, 2.75) is 13.0 Å². The van der Waals surface area contributed by atoms with Crippen molar-refractivity contribution in [2.75, 3.05) is 0 Å². The highest BCUT2D eigenvalue weighted by Gasteiger charge is 2.20. The lowest BCUT2D eigenvalue weighted by atomic mass is 10.2. The van der Waals surface area contributed by atoms with Crippen LogP contribution in [0.5, 0.6) is 0 Å². The third kappa shape index (κ3) is 1.28. The van der Waals surface area contributed by atoms with E-state index in [0.29, 0.717) is 11.4 Å². The number of hydrogen-bond donors (Lipinski definition) is 2. The molecule has 0 aliphatic rings. The molecule has 0 saturated heterocycles. The zero-order valence-electron chi connectivity index (χ0n) is 6.85. The van der Waals surface area contributed by atoms with Gasteiger partial charge in [-0.25, -0.2) is 0 Å². The Morgan fingerprint density at radius 1 is 1.75 bits per heavy atom. The van der Waals surface area contributed by atoms with Crippen LogP contribution in [0.3, 0.4) is 0 Å². The molecular formula is C6H10N4O2. The molecule has 0 saturated carbocycles. The van der Waals surface area contributed by atoms with Crippen molar-refractivity contribution in [2.24, 2.45) is 12.8 Å². The van der Waals surface area contributed by atoms with E-state index in [1.165, 1.54) is 4.68 Å². The molecule has 1 unspecified atom stereocenters. The molecular weight excluding hydrogens is 160 g/mol. The summed E-state index contributed by atoms with van der Waals surface area (Å²) in [5.41, 5.74) is 6.32. The Kier molecular flexibility index (Phi) is 2.09. The van der Waals surface area contributed by atoms with Crippen LogP contribution in [-0.2, 0) is 11.8 Å². The molecule has 0 radical (unpaired) electrons. The monoisotopic (exact) mass is 170 g/mol. The van der Waals surface area contributed by atoms with E-state index in [1.54, 1.807) is 14.0 Å². The first-order chi connectivity index (χ1) is 5.54. The number of carboxylic acid groups (broad SMARTS) is 1. The summed E-state index contributed by atoms with van der Waals surface area (Å²) in [6, 6.07) is -1.08. The van der Waals surface area contributed by atoms with Crippen LogP contribution in [0.25, 0.3) is 0 Å². The van der Waals surface area contributed by atoms with Crippen molar-refractivity contribution in [1.82, 2.24) is 15.0 Å². The van der Waals surface area contributed by atoms with Crippen LogP contribution in [0.4, 0.5) is 0 Å². The first-order valence-electron chi connectivity index (χ1n) is 3.38. The van der Waals surface area contributed by atoms with E-state index < -0.39 is 12.0 Å². The SMILES string of the molecule is Cc1c(C(N)C(=O)O)nnn1C. The summed E-state index contributed by atoms with van der Waals surface area (Å²) in [7, 11) is 1.68. The van der Waals surface area contributed by atoms with Crippen molar-refractivity contribution in [3.05, 3.63) is 11.4 Å². The number of carbonyl (C=O) groups is 1. The molecule has 6 heteroatoms. The van der Waals surface area contributed by atoms with Gasteiger partial charge < -0.3 is 10.8 Å². The fourth-order valence-corrected chi connectivity index (χ4v) is 0.825. The lowest BCUT2D eigenvalue weighted by Gasteiger charge is -2.02. The highest BCUT2D eigenvalue weighted by atomic mass is 16.4. The van der Waals surface area contributed by atoms with Crippen molar-refractivity contribution in [3.8, 4) is 0 Å². The van der Waals surface area contributed by atoms with Gasteiger partial charge >= 0.3 is 5.97 Å². The molecule has 12 heavy (non-hydrogen) atoms. The van der Waals surface area contributed by atoms with Crippen LogP contribution in [0.1, 0.15) is 17.4 Å². The minimum Gasteiger partial charge on any atom is -0.480 e. The van der Waals surface area contributed by atoms with E-state index in [0.717, 1.165) is 0 Å². The molecule has 3 N–H and O–H groups in total. The van der Waals surface area contributed by atoms with Crippen molar-refractivity contribution >= 4 is 5.97 Å². The number of hydrogen-bond acceptors (Lipinski definition) is 4. The van der Waals surface area contributed by atoms with Gasteiger partial charge in [-0.05, 0) is 6.92 Å². The molecule has 1 aromatic heterocycles. The van der Waals surface area contributed by atoms with Gasteiger partial charge in [-0.2, -0.15) is 0 Å². The smallest absolute Gasteiger partial charge is 0.326 e. The molecule has 66 valence electrons. The van der Waals surface area contributed by atoms with E-state index in [9.17, 15) is 4.79 Å². The Morgan fingerprint density at radius 2 is 2.33 bits per heavy atom. The molecule has 0 aromatic carbocycles. The number of aliphatic carboxylic acids is 1. The van der Waals surface area contributed by atoms with Gasteiger partial charge in [0.05, 0.1) is 5.69 Å². The summed E-state index contributed by atoms with van der Waals surface area (Å²) in [4.78, 5) is 10.5. The normalized spacial score (nSPS) is 12.9. The van der Waals surface area contributed by atoms with Crippen LogP contribution in [0, 0.1) is 6.92 Å². The van der Waals surface area contributed by atoms with Crippen LogP contribution in [-0.4, -0.2) is 26.1 Å². The highest BCUT2D eigenvalue weighted by molar-refractivity contribution is 5.74. The van der Waals surface area contributed by atoms with Crippen LogP contribution < -0.4 is 5.73 Å². The first kappa shape index (κ1) is 8.66. The lowest BCUT2D eigenvalue weighted by molar-refractivity contribution is -0.138. The van der Waals surface area contributed by atoms with Gasteiger partial charge in [0.2, 0.25) is 0 Å². The Labute approximate surface area is 69.0 Å². The number of rotatable bonds is 2. The van der Waals surface area contributed by atoms with Crippen LogP contribution >= 0.6 is 0 Å². The molecule has 0 aliphatic carbocycles. The Balaban J connectivity index is 3.03. The zero-order valence-corrected chi connectivity index (χ0v) is 6.85. The van der Waals surface area contributed by atoms with E-state index in [4.69, 9.17) is 10.8 Å². The fourth-order valence-electron chi connectivity index (χ4n) is 0.825. The summed E-state index contributed by atoms with van der Waals surface area (Å²) in [5.74, 6) is -1.10. The summed E-state index contributed by atoms with van der Waals surface area (Å²) >= 11 is 0. The number of nitrogens with zero attached hydrogens (tertiary/aromatic N) is 3. The molecule has 0 fully saturated rings. The summed E-state index contributed by atoms with van der Waals surface area (Å²) < 4.78 is 1.48. The minimum atomic E-state index is -1.10. The van der Waals surface area contributed by atoms with Gasteiger partial charge in [0.1, 0.15) is 11.7 Å². The standard InChI is InChI=1S/C6H10N4O2/c1-3-5(4(7)6(11)12)8-9-10(3)2/h4H,7H2,1-2H3,(H,11,12). The third-order valence-electron chi connectivity index (χ3n) is 1.70. The maximum atomic E-state index is 10.5. The number of carboxylic acids is 1. The minimum absolute atomic E-state index is 0.310. The lowest BCUT2D eigenvalue weighted by Crippen LogP contribution is -2.22. The van der Waals surface area contributed by atoms with E-state index in [2.05, 4.69) is 10.3 Å². The van der Waals surface area contributed by atoms with Gasteiger partial charge in [0.15, 0.2) is 0 Å². The first-order valence-corrected chi connectivity index (χ1v) is 3.38. The average molecular weight is 170 g/mol. The number of nitrogens with two attached hydrogens (primary N) is 1. The van der Waals surface area contributed by atoms with Gasteiger partial charge in [0.25, 0.3) is 0 Å². The largest absolute Gasteiger partial charge is 0.480 e. The fraction of sp³-hybridized carbons (Fsp3) is 0.500. The molecule has 0 amide bonds. The molecule has 0 aliphatic heterocycles. The second kappa shape index (κ2) is 2.90. The quantitative estimate of drug-likeness (QED) is 0.606. The van der Waals surface area contributed by atoms with E-state index in [-0.39, 0.29) is 0 Å². The Morgan fingerprint density at radius 3 is 2.67 bits per heavy atom. The Hall–Kier alpha value is -1.43. The van der Waals surface area contributed by atoms with Crippen LogP contribution in [0.2, 0.25) is 0 Å². The number of aryl methyl sites for hydroxylation is 1. The number of aromatic nitrogens is 3. The summed E-state index contributed by atoms with van der Waals surface area (Å²) in [6.07, 6.45) is 0. The topological polar surface area (TPSA) is 94.0 Å². The zero-order chi connectivity index (χ0) is 9.30. The summed E-state index contributed by atoms with van der Waals surface area (Å²) in [5, 5.41) is 15.9. The van der Waals surface area contributed by atoms with E-state index >= 15 is 0 Å². The van der Waals surface area contributed by atoms with Crippen molar-refractivity contribution in [3.63, 3.8) is 0 Å². The van der Waals surface area contributed by atoms with Gasteiger partial charge in [0, 0.05) is 7.05 Å². The molecule has 0 bridgehead atoms. The van der Waals surface area contributed by atoms with E-state index in [1.807, 2.05) is 0 Å². The highest BCUT2D eigenvalue weighted by Crippen LogP contribution is 2.10. The third-order valence-corrected chi connectivity index (χ3v) is 1.70. The summed E-state index contributed by atoms with van der Waals surface area (Å²) in [6.45, 7) is 1.72. The van der Waals surface area contributed by atoms with Gasteiger partial charge in [-0.3, -0.25) is 9.48 Å². The Bertz CT molecular complexity index is 306. The molecule has 0 spiro atoms. The second-order valence-corrected chi connectivity index (χ2v) is 2.50. The van der Waals surface area contributed by atoms with Crippen LogP contribution in [0.15, 0.2) is 0 Å². The van der Waals surface area contributed by atoms with Crippen molar-refractivity contribution < 1.29 is 9.90 Å². The molecule has 1 rings (SSSR count). The molecule has 1 aromatic rings. The predicted molar refractivity (Wildman–Crippen MR) is 40.3 cm³/mol. The average Bonchev–Trinajstić information content (AvgIpc) is 2.32. The maximum absolute atomic E-state index is 10.5. The molecule has 1 heterocycles. The molecule has 6 nitrogen and oxygen atoms in total. The van der Waals surface area contributed by atoms with Gasteiger partial charge in [-0.1, -0.05) is 5.21 Å². The van der Waals surface area contributed by atoms with Crippen molar-refractivity contribution in [1.29, 1.82) is 0 Å². The second-order valence-electron chi connectivity index (χ2n) is 2.50. The molecule has 1 atom stereocenters. The van der Waals surface area contributed by atoms with Gasteiger partial charge in [-0.15, -0.1) is 5.10 Å². The maximum Gasteiger partial charge on any atom is 0.326 e. The predicted octanol–water partition coefficient (Wildman–Crippen LogP) is -0.792.